The summed E-state index contributed by atoms with van der Waals surface area (Å²) in [7, 11) is 1.87. The number of nitrogens with zero attached hydrogens (tertiary/aromatic N) is 2. The van der Waals surface area contributed by atoms with E-state index >= 15 is 0 Å². The Labute approximate surface area is 133 Å². The third-order valence-electron chi connectivity index (χ3n) is 3.88. The van der Waals surface area contributed by atoms with Crippen molar-refractivity contribution in [1.29, 1.82) is 0 Å². The van der Waals surface area contributed by atoms with Crippen molar-refractivity contribution in [1.82, 2.24) is 4.90 Å². The van der Waals surface area contributed by atoms with E-state index in [1.54, 1.807) is 0 Å². The molecule has 0 spiro atoms. The number of carbonyl (C=O) groups excluding carboxylic acids is 1. The van der Waals surface area contributed by atoms with Crippen molar-refractivity contribution >= 4 is 17.3 Å². The van der Waals surface area contributed by atoms with E-state index in [0.717, 1.165) is 30.8 Å². The van der Waals surface area contributed by atoms with Gasteiger partial charge in [-0.25, -0.2) is 0 Å². The number of carbonyl (C=O) groups is 1. The molecule has 5 heteroatoms. The topological polar surface area (TPSA) is 58.8 Å². The lowest BCUT2D eigenvalue weighted by molar-refractivity contribution is -0.128. The highest BCUT2D eigenvalue weighted by atomic mass is 16.5. The molecule has 122 valence electrons. The van der Waals surface area contributed by atoms with E-state index in [1.165, 1.54) is 0 Å². The number of hydrogen-bond donors (Lipinski definition) is 1. The third-order valence-corrected chi connectivity index (χ3v) is 3.88. The molecule has 1 heterocycles. The van der Waals surface area contributed by atoms with E-state index < -0.39 is 0 Å². The van der Waals surface area contributed by atoms with E-state index in [1.807, 2.05) is 44.0 Å². The average Bonchev–Trinajstić information content (AvgIpc) is 2.42. The largest absolute Gasteiger partial charge is 0.484 e. The fraction of sp³-hybridized carbons (Fsp3) is 0.588. The van der Waals surface area contributed by atoms with Gasteiger partial charge in [0.25, 0.3) is 0 Å². The molecule has 2 N–H and O–H groups in total. The van der Waals surface area contributed by atoms with Crippen LogP contribution in [0.1, 0.15) is 33.6 Å². The minimum atomic E-state index is -0.344. The molecule has 5 nitrogen and oxygen atoms in total. The monoisotopic (exact) mass is 305 g/mol. The van der Waals surface area contributed by atoms with E-state index in [2.05, 4.69) is 11.8 Å². The Morgan fingerprint density at radius 1 is 1.45 bits per heavy atom. The molecule has 1 amide bonds. The lowest BCUT2D eigenvalue weighted by Gasteiger charge is -2.41. The molecule has 2 rings (SSSR count). The predicted molar refractivity (Wildman–Crippen MR) is 90.3 cm³/mol. The van der Waals surface area contributed by atoms with Gasteiger partial charge in [0, 0.05) is 25.3 Å². The van der Waals surface area contributed by atoms with Crippen molar-refractivity contribution in [2.24, 2.45) is 0 Å². The molecule has 22 heavy (non-hydrogen) atoms. The first-order chi connectivity index (χ1) is 10.3. The molecule has 0 atom stereocenters. The molecule has 0 radical (unpaired) electrons. The van der Waals surface area contributed by atoms with E-state index in [4.69, 9.17) is 10.5 Å². The first-order valence-electron chi connectivity index (χ1n) is 7.90. The molecule has 0 aromatic heterocycles. The van der Waals surface area contributed by atoms with Crippen molar-refractivity contribution in [3.8, 4) is 5.75 Å². The summed E-state index contributed by atoms with van der Waals surface area (Å²) >= 11 is 0. The Morgan fingerprint density at radius 3 is 2.86 bits per heavy atom. The second kappa shape index (κ2) is 6.46. The second-order valence-corrected chi connectivity index (χ2v) is 6.61. The third kappa shape index (κ3) is 3.84. The van der Waals surface area contributed by atoms with E-state index in [-0.39, 0.29) is 11.5 Å². The zero-order valence-electron chi connectivity index (χ0n) is 14.1. The van der Waals surface area contributed by atoms with E-state index in [0.29, 0.717) is 18.8 Å². The first-order valence-corrected chi connectivity index (χ1v) is 7.90. The Bertz CT molecular complexity index is 543. The SMILES string of the molecule is CCCCN(C)C(=O)CN1CC(C)(C)Oc2cc(N)ccc21. The summed E-state index contributed by atoms with van der Waals surface area (Å²) in [4.78, 5) is 16.3. The average molecular weight is 305 g/mol. The zero-order valence-corrected chi connectivity index (χ0v) is 14.1. The lowest BCUT2D eigenvalue weighted by atomic mass is 10.0. The zero-order chi connectivity index (χ0) is 16.3. The van der Waals surface area contributed by atoms with Gasteiger partial charge >= 0.3 is 0 Å². The summed E-state index contributed by atoms with van der Waals surface area (Å²) < 4.78 is 5.99. The number of anilines is 2. The number of hydrogen-bond acceptors (Lipinski definition) is 4. The molecular weight excluding hydrogens is 278 g/mol. The van der Waals surface area contributed by atoms with Crippen LogP contribution in [0.5, 0.6) is 5.75 Å². The van der Waals surface area contributed by atoms with Crippen LogP contribution in [0, 0.1) is 0 Å². The standard InChI is InChI=1S/C17H27N3O2/c1-5-6-9-19(4)16(21)11-20-12-17(2,3)22-15-10-13(18)7-8-14(15)20/h7-8,10H,5-6,9,11-12,18H2,1-4H3. The molecule has 0 saturated heterocycles. The Balaban J connectivity index is 2.15. The van der Waals surface area contributed by atoms with Gasteiger partial charge in [-0.3, -0.25) is 4.79 Å². The van der Waals surface area contributed by atoms with Crippen LogP contribution in [0.3, 0.4) is 0 Å². The summed E-state index contributed by atoms with van der Waals surface area (Å²) in [5.74, 6) is 0.884. The molecule has 0 aliphatic carbocycles. The summed E-state index contributed by atoms with van der Waals surface area (Å²) in [5, 5.41) is 0. The number of likely N-dealkylation sites (N-methyl/N-ethyl adjacent to an activating group) is 1. The number of amides is 1. The van der Waals surface area contributed by atoms with Crippen LogP contribution >= 0.6 is 0 Å². The molecule has 1 aromatic carbocycles. The normalized spacial score (nSPS) is 15.9. The molecular formula is C17H27N3O2. The fourth-order valence-corrected chi connectivity index (χ4v) is 2.69. The van der Waals surface area contributed by atoms with Crippen molar-refractivity contribution in [2.45, 2.75) is 39.2 Å². The van der Waals surface area contributed by atoms with Crippen LogP contribution in [0.2, 0.25) is 0 Å². The second-order valence-electron chi connectivity index (χ2n) is 6.61. The maximum atomic E-state index is 12.4. The van der Waals surface area contributed by atoms with Gasteiger partial charge in [-0.05, 0) is 32.4 Å². The van der Waals surface area contributed by atoms with Gasteiger partial charge in [0.1, 0.15) is 11.4 Å². The fourth-order valence-electron chi connectivity index (χ4n) is 2.69. The maximum Gasteiger partial charge on any atom is 0.241 e. The number of nitrogen functional groups attached to an aromatic ring is 1. The quantitative estimate of drug-likeness (QED) is 0.849. The maximum absolute atomic E-state index is 12.4. The highest BCUT2D eigenvalue weighted by Gasteiger charge is 2.33. The Morgan fingerprint density at radius 2 is 2.18 bits per heavy atom. The lowest BCUT2D eigenvalue weighted by Crippen LogP contribution is -2.50. The molecule has 0 fully saturated rings. The highest BCUT2D eigenvalue weighted by molar-refractivity contribution is 5.82. The Hall–Kier alpha value is -1.91. The smallest absolute Gasteiger partial charge is 0.241 e. The van der Waals surface area contributed by atoms with Crippen molar-refractivity contribution in [3.05, 3.63) is 18.2 Å². The number of nitrogens with two attached hydrogens (primary N) is 1. The van der Waals surface area contributed by atoms with Crippen LogP contribution in [0.4, 0.5) is 11.4 Å². The van der Waals surface area contributed by atoms with Gasteiger partial charge < -0.3 is 20.3 Å². The van der Waals surface area contributed by atoms with Crippen molar-refractivity contribution in [3.63, 3.8) is 0 Å². The highest BCUT2D eigenvalue weighted by Crippen LogP contribution is 2.38. The summed E-state index contributed by atoms with van der Waals surface area (Å²) in [5.41, 5.74) is 7.11. The number of benzene rings is 1. The van der Waals surface area contributed by atoms with Crippen LogP contribution in [0.25, 0.3) is 0 Å². The number of fused-ring (bicyclic) bond motifs is 1. The molecule has 1 aromatic rings. The molecule has 0 unspecified atom stereocenters. The van der Waals surface area contributed by atoms with Crippen molar-refractivity contribution < 1.29 is 9.53 Å². The number of unbranched alkanes of at least 4 members (excludes halogenated alkanes) is 1. The molecule has 0 bridgehead atoms. The van der Waals surface area contributed by atoms with Crippen LogP contribution in [-0.2, 0) is 4.79 Å². The number of rotatable bonds is 5. The van der Waals surface area contributed by atoms with Crippen LogP contribution in [0.15, 0.2) is 18.2 Å². The van der Waals surface area contributed by atoms with Gasteiger partial charge in [0.15, 0.2) is 0 Å². The summed E-state index contributed by atoms with van der Waals surface area (Å²) in [6.07, 6.45) is 2.12. The van der Waals surface area contributed by atoms with Gasteiger partial charge in [0.05, 0.1) is 18.8 Å². The molecule has 0 saturated carbocycles. The van der Waals surface area contributed by atoms with Crippen molar-refractivity contribution in [2.75, 3.05) is 37.3 Å². The predicted octanol–water partition coefficient (Wildman–Crippen LogP) is 2.50. The first kappa shape index (κ1) is 16.5. The van der Waals surface area contributed by atoms with Gasteiger partial charge in [-0.15, -0.1) is 0 Å². The molecule has 1 aliphatic heterocycles. The van der Waals surface area contributed by atoms with Gasteiger partial charge in [-0.1, -0.05) is 13.3 Å². The summed E-state index contributed by atoms with van der Waals surface area (Å²) in [6.45, 7) is 8.02. The van der Waals surface area contributed by atoms with Gasteiger partial charge in [-0.2, -0.15) is 0 Å². The summed E-state index contributed by atoms with van der Waals surface area (Å²) in [6, 6.07) is 5.60. The van der Waals surface area contributed by atoms with Crippen LogP contribution in [-0.4, -0.2) is 43.1 Å². The van der Waals surface area contributed by atoms with E-state index in [9.17, 15) is 4.79 Å². The van der Waals surface area contributed by atoms with Gasteiger partial charge in [0.2, 0.25) is 5.91 Å². The minimum absolute atomic E-state index is 0.133. The molecule has 1 aliphatic rings. The minimum Gasteiger partial charge on any atom is -0.484 e. The Kier molecular flexibility index (Phi) is 4.84. The number of ether oxygens (including phenoxy) is 1. The van der Waals surface area contributed by atoms with Crippen LogP contribution < -0.4 is 15.4 Å².